The fourth-order valence-corrected chi connectivity index (χ4v) is 4.24. The van der Waals surface area contributed by atoms with Crippen molar-refractivity contribution >= 4 is 10.9 Å². The minimum Gasteiger partial charge on any atom is -0.383 e. The van der Waals surface area contributed by atoms with E-state index in [1.54, 1.807) is 19.5 Å². The summed E-state index contributed by atoms with van der Waals surface area (Å²) < 4.78 is 7.51. The van der Waals surface area contributed by atoms with E-state index >= 15 is 0 Å². The molecular formula is C23H24N6O2. The molecule has 158 valence electrons. The molecule has 4 heterocycles. The number of hydrogen-bond donors (Lipinski definition) is 1. The first kappa shape index (κ1) is 19.6. The van der Waals surface area contributed by atoms with Crippen molar-refractivity contribution in [2.24, 2.45) is 0 Å². The zero-order valence-electron chi connectivity index (χ0n) is 17.4. The third kappa shape index (κ3) is 3.87. The van der Waals surface area contributed by atoms with Crippen LogP contribution in [0, 0.1) is 0 Å². The number of benzene rings is 1. The standard InChI is InChI=1S/C23H24N6O2/c1-31-9-8-29-13-17(18-4-2-3-5-21(18)29)12-28-7-6-20-19(14-28)23(30)27-22(26-20)16-10-24-15-25-11-16/h2-5,10-11,13,15H,6-9,12,14H2,1H3,(H,26,27,30). The van der Waals surface area contributed by atoms with Crippen molar-refractivity contribution < 1.29 is 4.74 Å². The zero-order chi connectivity index (χ0) is 21.2. The minimum atomic E-state index is -0.0870. The van der Waals surface area contributed by atoms with Crippen molar-refractivity contribution in [2.45, 2.75) is 26.1 Å². The van der Waals surface area contributed by atoms with E-state index in [-0.39, 0.29) is 5.56 Å². The maximum absolute atomic E-state index is 12.8. The summed E-state index contributed by atoms with van der Waals surface area (Å²) in [5.74, 6) is 0.527. The lowest BCUT2D eigenvalue weighted by atomic mass is 10.1. The Labute approximate surface area is 179 Å². The third-order valence-corrected chi connectivity index (χ3v) is 5.78. The van der Waals surface area contributed by atoms with Crippen LogP contribution >= 0.6 is 0 Å². The third-order valence-electron chi connectivity index (χ3n) is 5.78. The van der Waals surface area contributed by atoms with Gasteiger partial charge in [-0.15, -0.1) is 0 Å². The molecule has 5 rings (SSSR count). The predicted octanol–water partition coefficient (Wildman–Crippen LogP) is 2.39. The highest BCUT2D eigenvalue weighted by Crippen LogP contribution is 2.25. The van der Waals surface area contributed by atoms with Crippen molar-refractivity contribution in [1.82, 2.24) is 29.4 Å². The van der Waals surface area contributed by atoms with Crippen LogP contribution in [0.3, 0.4) is 0 Å². The molecule has 8 heteroatoms. The van der Waals surface area contributed by atoms with Gasteiger partial charge in [0, 0.05) is 69.2 Å². The molecule has 0 spiro atoms. The molecule has 0 aliphatic carbocycles. The number of nitrogens with zero attached hydrogens (tertiary/aromatic N) is 5. The Kier molecular flexibility index (Phi) is 5.31. The summed E-state index contributed by atoms with van der Waals surface area (Å²) in [5.41, 5.74) is 4.71. The van der Waals surface area contributed by atoms with E-state index in [9.17, 15) is 4.79 Å². The molecule has 0 atom stereocenters. The van der Waals surface area contributed by atoms with Gasteiger partial charge in [-0.25, -0.2) is 15.0 Å². The van der Waals surface area contributed by atoms with Gasteiger partial charge in [-0.1, -0.05) is 18.2 Å². The molecule has 0 amide bonds. The van der Waals surface area contributed by atoms with Crippen LogP contribution < -0.4 is 5.56 Å². The van der Waals surface area contributed by atoms with Gasteiger partial charge in [-0.2, -0.15) is 0 Å². The highest BCUT2D eigenvalue weighted by atomic mass is 16.5. The van der Waals surface area contributed by atoms with Crippen molar-refractivity contribution in [1.29, 1.82) is 0 Å². The summed E-state index contributed by atoms with van der Waals surface area (Å²) in [6.45, 7) is 3.71. The number of ether oxygens (including phenoxy) is 1. The van der Waals surface area contributed by atoms with Gasteiger partial charge in [-0.3, -0.25) is 9.69 Å². The monoisotopic (exact) mass is 416 g/mol. The first-order valence-corrected chi connectivity index (χ1v) is 10.4. The molecule has 0 radical (unpaired) electrons. The first-order chi connectivity index (χ1) is 15.2. The largest absolute Gasteiger partial charge is 0.383 e. The second-order valence-corrected chi connectivity index (χ2v) is 7.79. The Morgan fingerprint density at radius 1 is 1.19 bits per heavy atom. The predicted molar refractivity (Wildman–Crippen MR) is 118 cm³/mol. The van der Waals surface area contributed by atoms with Crippen molar-refractivity contribution in [3.63, 3.8) is 0 Å². The molecule has 1 aliphatic heterocycles. The van der Waals surface area contributed by atoms with Crippen LogP contribution in [0.25, 0.3) is 22.3 Å². The molecule has 0 bridgehead atoms. The van der Waals surface area contributed by atoms with E-state index in [1.165, 1.54) is 22.8 Å². The van der Waals surface area contributed by atoms with Crippen LogP contribution in [-0.2, 0) is 30.8 Å². The Morgan fingerprint density at radius 3 is 2.87 bits per heavy atom. The molecule has 4 aromatic rings. The van der Waals surface area contributed by atoms with Gasteiger partial charge >= 0.3 is 0 Å². The van der Waals surface area contributed by atoms with Crippen molar-refractivity contribution in [3.05, 3.63) is 76.4 Å². The molecule has 0 saturated carbocycles. The molecule has 1 aromatic carbocycles. The lowest BCUT2D eigenvalue weighted by Crippen LogP contribution is -2.35. The number of H-pyrrole nitrogens is 1. The molecule has 0 unspecified atom stereocenters. The van der Waals surface area contributed by atoms with Crippen molar-refractivity contribution in [3.8, 4) is 11.4 Å². The van der Waals surface area contributed by atoms with Crippen molar-refractivity contribution in [2.75, 3.05) is 20.3 Å². The summed E-state index contributed by atoms with van der Waals surface area (Å²) in [6.07, 6.45) is 7.73. The van der Waals surface area contributed by atoms with Gasteiger partial charge < -0.3 is 14.3 Å². The minimum absolute atomic E-state index is 0.0870. The summed E-state index contributed by atoms with van der Waals surface area (Å²) >= 11 is 0. The molecule has 0 fully saturated rings. The number of aromatic amines is 1. The van der Waals surface area contributed by atoms with E-state index in [0.29, 0.717) is 24.5 Å². The second kappa shape index (κ2) is 8.41. The Bertz CT molecular complexity index is 1260. The Hall–Kier alpha value is -3.36. The van der Waals surface area contributed by atoms with Crippen LogP contribution in [0.4, 0.5) is 0 Å². The second-order valence-electron chi connectivity index (χ2n) is 7.79. The quantitative estimate of drug-likeness (QED) is 0.519. The number of fused-ring (bicyclic) bond motifs is 2. The van der Waals surface area contributed by atoms with Crippen LogP contribution in [0.2, 0.25) is 0 Å². The molecule has 8 nitrogen and oxygen atoms in total. The SMILES string of the molecule is COCCn1cc(CN2CCc3nc(-c4cncnc4)[nH]c(=O)c3C2)c2ccccc21. The fraction of sp³-hybridized carbons (Fsp3) is 0.304. The number of hydrogen-bond acceptors (Lipinski definition) is 6. The maximum atomic E-state index is 12.8. The summed E-state index contributed by atoms with van der Waals surface area (Å²) in [4.78, 5) is 30.7. The molecular weight excluding hydrogens is 392 g/mol. The highest BCUT2D eigenvalue weighted by Gasteiger charge is 2.22. The average Bonchev–Trinajstić information content (AvgIpc) is 3.16. The van der Waals surface area contributed by atoms with E-state index < -0.39 is 0 Å². The number of para-hydroxylation sites is 1. The summed E-state index contributed by atoms with van der Waals surface area (Å²) in [6, 6.07) is 8.44. The smallest absolute Gasteiger partial charge is 0.255 e. The number of nitrogens with one attached hydrogen (secondary N) is 1. The average molecular weight is 416 g/mol. The topological polar surface area (TPSA) is 88.9 Å². The molecule has 0 saturated heterocycles. The molecule has 3 aromatic heterocycles. The van der Waals surface area contributed by atoms with Crippen LogP contribution in [0.1, 0.15) is 16.8 Å². The summed E-state index contributed by atoms with van der Waals surface area (Å²) in [7, 11) is 1.72. The number of aromatic nitrogens is 5. The van der Waals surface area contributed by atoms with Crippen LogP contribution in [0.5, 0.6) is 0 Å². The lowest BCUT2D eigenvalue weighted by Gasteiger charge is -2.27. The zero-order valence-corrected chi connectivity index (χ0v) is 17.4. The lowest BCUT2D eigenvalue weighted by molar-refractivity contribution is 0.188. The molecule has 1 aliphatic rings. The normalized spacial score (nSPS) is 14.1. The van der Waals surface area contributed by atoms with Gasteiger partial charge in [0.15, 0.2) is 0 Å². The molecule has 31 heavy (non-hydrogen) atoms. The maximum Gasteiger partial charge on any atom is 0.255 e. The van der Waals surface area contributed by atoms with Gasteiger partial charge in [0.25, 0.3) is 5.56 Å². The number of rotatable bonds is 6. The summed E-state index contributed by atoms with van der Waals surface area (Å²) in [5, 5.41) is 1.25. The van der Waals surface area contributed by atoms with Crippen LogP contribution in [0.15, 0.2) is 54.0 Å². The van der Waals surface area contributed by atoms with Gasteiger partial charge in [0.2, 0.25) is 0 Å². The van der Waals surface area contributed by atoms with E-state index in [4.69, 9.17) is 9.72 Å². The van der Waals surface area contributed by atoms with E-state index in [0.717, 1.165) is 37.3 Å². The van der Waals surface area contributed by atoms with E-state index in [1.807, 2.05) is 0 Å². The fourth-order valence-electron chi connectivity index (χ4n) is 4.24. The Morgan fingerprint density at radius 2 is 2.03 bits per heavy atom. The molecule has 1 N–H and O–H groups in total. The Balaban J connectivity index is 1.40. The van der Waals surface area contributed by atoms with Gasteiger partial charge in [-0.05, 0) is 11.6 Å². The van der Waals surface area contributed by atoms with Gasteiger partial charge in [0.05, 0.1) is 23.4 Å². The van der Waals surface area contributed by atoms with Gasteiger partial charge in [0.1, 0.15) is 12.2 Å². The first-order valence-electron chi connectivity index (χ1n) is 10.4. The highest BCUT2D eigenvalue weighted by molar-refractivity contribution is 5.84. The van der Waals surface area contributed by atoms with E-state index in [2.05, 4.69) is 54.9 Å². The van der Waals surface area contributed by atoms with Crippen LogP contribution in [-0.4, -0.2) is 49.7 Å². The number of methoxy groups -OCH3 is 1.